The van der Waals surface area contributed by atoms with E-state index in [0.717, 1.165) is 0 Å². The van der Waals surface area contributed by atoms with E-state index < -0.39 is 47.6 Å². The van der Waals surface area contributed by atoms with Gasteiger partial charge in [-0.25, -0.2) is 8.78 Å². The molecule has 1 atom stereocenters. The Balaban J connectivity index is 3.46. The zero-order valence-electron chi connectivity index (χ0n) is 10.1. The first-order chi connectivity index (χ1) is 9.29. The molecule has 0 fully saturated rings. The van der Waals surface area contributed by atoms with Crippen molar-refractivity contribution in [1.82, 2.24) is 0 Å². The molecule has 21 heavy (non-hydrogen) atoms. The van der Waals surface area contributed by atoms with Crippen LogP contribution in [-0.4, -0.2) is 17.6 Å². The number of nitrogens with two attached hydrogens (primary N) is 1. The van der Waals surface area contributed by atoms with E-state index in [2.05, 4.69) is 0 Å². The van der Waals surface area contributed by atoms with Crippen molar-refractivity contribution in [3.8, 4) is 0 Å². The second-order valence-corrected chi connectivity index (χ2v) is 4.24. The predicted molar refractivity (Wildman–Crippen MR) is 55.4 cm³/mol. The molecule has 0 amide bonds. The molecule has 1 aromatic rings. The minimum Gasteiger partial charge on any atom is -0.390 e. The Morgan fingerprint density at radius 2 is 1.24 bits per heavy atom. The number of aliphatic hydroxyl groups is 1. The molecule has 0 aliphatic carbocycles. The zero-order valence-corrected chi connectivity index (χ0v) is 10.1. The maximum absolute atomic E-state index is 13.2. The van der Waals surface area contributed by atoms with Crippen molar-refractivity contribution < 1.29 is 40.2 Å². The van der Waals surface area contributed by atoms with E-state index in [4.69, 9.17) is 10.8 Å². The minimum absolute atomic E-state index is 0.101. The molecular formula is C11H9F8NO. The third-order valence-corrected chi connectivity index (χ3v) is 2.63. The highest BCUT2D eigenvalue weighted by Gasteiger charge is 2.41. The highest BCUT2D eigenvalue weighted by atomic mass is 19.4. The first-order valence-corrected chi connectivity index (χ1v) is 5.32. The normalized spacial score (nSPS) is 15.1. The Bertz CT molecular complexity index is 476. The van der Waals surface area contributed by atoms with E-state index in [1.807, 2.05) is 0 Å². The molecule has 1 aromatic carbocycles. The summed E-state index contributed by atoms with van der Waals surface area (Å²) < 4.78 is 101. The maximum atomic E-state index is 13.2. The van der Waals surface area contributed by atoms with Crippen molar-refractivity contribution >= 4 is 0 Å². The molecule has 0 saturated carbocycles. The molecule has 0 spiro atoms. The number of aliphatic hydroxyl groups excluding tert-OH is 1. The quantitative estimate of drug-likeness (QED) is 0.838. The summed E-state index contributed by atoms with van der Waals surface area (Å²) in [7, 11) is 0. The van der Waals surface area contributed by atoms with Gasteiger partial charge in [0.1, 0.15) is 6.61 Å². The van der Waals surface area contributed by atoms with Crippen molar-refractivity contribution in [2.75, 3.05) is 6.61 Å². The topological polar surface area (TPSA) is 46.2 Å². The van der Waals surface area contributed by atoms with Gasteiger partial charge in [0.2, 0.25) is 0 Å². The van der Waals surface area contributed by atoms with Crippen LogP contribution in [0.5, 0.6) is 0 Å². The van der Waals surface area contributed by atoms with Crippen molar-refractivity contribution in [3.63, 3.8) is 0 Å². The van der Waals surface area contributed by atoms with Crippen LogP contribution >= 0.6 is 0 Å². The Kier molecular flexibility index (Phi) is 4.54. The Morgan fingerprint density at radius 1 is 0.857 bits per heavy atom. The Morgan fingerprint density at radius 3 is 1.52 bits per heavy atom. The Labute approximate surface area is 113 Å². The summed E-state index contributed by atoms with van der Waals surface area (Å²) in [5.41, 5.74) is 0.384. The molecule has 2 nitrogen and oxygen atoms in total. The molecule has 10 heteroatoms. The largest absolute Gasteiger partial charge is 0.416 e. The van der Waals surface area contributed by atoms with Crippen LogP contribution in [0, 0.1) is 0 Å². The highest BCUT2D eigenvalue weighted by Crippen LogP contribution is 2.39. The molecule has 3 N–H and O–H groups in total. The van der Waals surface area contributed by atoms with Gasteiger partial charge in [0.15, 0.2) is 0 Å². The monoisotopic (exact) mass is 323 g/mol. The summed E-state index contributed by atoms with van der Waals surface area (Å²) in [5.74, 6) is -4.06. The first-order valence-electron chi connectivity index (χ1n) is 5.32. The van der Waals surface area contributed by atoms with Gasteiger partial charge in [-0.05, 0) is 23.8 Å². The Hall–Kier alpha value is -1.42. The lowest BCUT2D eigenvalue weighted by Gasteiger charge is -2.23. The average Bonchev–Trinajstić information content (AvgIpc) is 2.35. The second-order valence-electron chi connectivity index (χ2n) is 4.24. The fourth-order valence-corrected chi connectivity index (χ4v) is 1.50. The van der Waals surface area contributed by atoms with E-state index in [1.165, 1.54) is 0 Å². The van der Waals surface area contributed by atoms with Crippen LogP contribution in [0.4, 0.5) is 35.1 Å². The average molecular weight is 323 g/mol. The lowest BCUT2D eigenvalue weighted by Crippen LogP contribution is -2.36. The van der Waals surface area contributed by atoms with Crippen molar-refractivity contribution in [2.24, 2.45) is 5.73 Å². The fourth-order valence-electron chi connectivity index (χ4n) is 1.50. The van der Waals surface area contributed by atoms with Gasteiger partial charge in [-0.3, -0.25) is 0 Å². The van der Waals surface area contributed by atoms with Crippen LogP contribution in [0.15, 0.2) is 18.2 Å². The van der Waals surface area contributed by atoms with Crippen molar-refractivity contribution in [1.29, 1.82) is 0 Å². The lowest BCUT2D eigenvalue weighted by molar-refractivity contribution is -0.143. The van der Waals surface area contributed by atoms with Gasteiger partial charge in [0.05, 0.1) is 17.2 Å². The summed E-state index contributed by atoms with van der Waals surface area (Å²) in [6, 6.07) is -2.51. The highest BCUT2D eigenvalue weighted by molar-refractivity contribution is 5.36. The molecule has 0 radical (unpaired) electrons. The van der Waals surface area contributed by atoms with Crippen LogP contribution in [0.3, 0.4) is 0 Å². The molecular weight excluding hydrogens is 314 g/mol. The van der Waals surface area contributed by atoms with Crippen molar-refractivity contribution in [2.45, 2.75) is 24.3 Å². The van der Waals surface area contributed by atoms with Gasteiger partial charge < -0.3 is 10.8 Å². The smallest absolute Gasteiger partial charge is 0.390 e. The molecule has 0 heterocycles. The molecule has 1 rings (SSSR count). The van der Waals surface area contributed by atoms with E-state index in [9.17, 15) is 35.1 Å². The summed E-state index contributed by atoms with van der Waals surface area (Å²) in [6.45, 7) is -1.81. The third kappa shape index (κ3) is 4.03. The van der Waals surface area contributed by atoms with Crippen LogP contribution in [0.1, 0.15) is 22.7 Å². The van der Waals surface area contributed by atoms with Crippen LogP contribution in [0.2, 0.25) is 0 Å². The number of rotatable bonds is 3. The third-order valence-electron chi connectivity index (χ3n) is 2.63. The van der Waals surface area contributed by atoms with Crippen LogP contribution in [-0.2, 0) is 12.4 Å². The zero-order chi connectivity index (χ0) is 16.6. The summed E-state index contributed by atoms with van der Waals surface area (Å²) in [6.07, 6.45) is -10.3. The van der Waals surface area contributed by atoms with Crippen LogP contribution < -0.4 is 5.73 Å². The first kappa shape index (κ1) is 17.6. The number of hydrogen-bond acceptors (Lipinski definition) is 2. The number of halogens is 8. The molecule has 0 aromatic heterocycles. The fraction of sp³-hybridized carbons (Fsp3) is 0.455. The lowest BCUT2D eigenvalue weighted by atomic mass is 9.96. The van der Waals surface area contributed by atoms with Gasteiger partial charge in [-0.2, -0.15) is 26.3 Å². The molecule has 0 saturated heterocycles. The van der Waals surface area contributed by atoms with E-state index in [-0.39, 0.29) is 18.2 Å². The van der Waals surface area contributed by atoms with Gasteiger partial charge in [-0.15, -0.1) is 0 Å². The van der Waals surface area contributed by atoms with Gasteiger partial charge in [-0.1, -0.05) is 0 Å². The van der Waals surface area contributed by atoms with Gasteiger partial charge in [0, 0.05) is 0 Å². The van der Waals surface area contributed by atoms with E-state index in [1.54, 1.807) is 0 Å². The van der Waals surface area contributed by atoms with Gasteiger partial charge >= 0.3 is 12.4 Å². The molecule has 0 bridgehead atoms. The van der Waals surface area contributed by atoms with Gasteiger partial charge in [0.25, 0.3) is 5.92 Å². The summed E-state index contributed by atoms with van der Waals surface area (Å²) >= 11 is 0. The standard InChI is InChI=1S/C11H9F8NO/c12-9(13,4-21)8(20)5-1-6(10(14,15)16)3-7(2-5)11(17,18)19/h1-3,8,21H,4,20H2/t8-/m1/s1. The molecule has 0 unspecified atom stereocenters. The van der Waals surface area contributed by atoms with E-state index >= 15 is 0 Å². The van der Waals surface area contributed by atoms with E-state index in [0.29, 0.717) is 0 Å². The van der Waals surface area contributed by atoms with Crippen LogP contribution in [0.25, 0.3) is 0 Å². The second kappa shape index (κ2) is 5.41. The summed E-state index contributed by atoms with van der Waals surface area (Å²) in [4.78, 5) is 0. The molecule has 120 valence electrons. The SMILES string of the molecule is N[C@H](c1cc(C(F)(F)F)cc(C(F)(F)F)c1)C(F)(F)CO. The number of hydrogen-bond donors (Lipinski definition) is 2. The summed E-state index contributed by atoms with van der Waals surface area (Å²) in [5, 5.41) is 8.41. The number of alkyl halides is 8. The number of benzene rings is 1. The predicted octanol–water partition coefficient (Wildman–Crippen LogP) is 3.35. The van der Waals surface area contributed by atoms with Crippen molar-refractivity contribution in [3.05, 3.63) is 34.9 Å². The maximum Gasteiger partial charge on any atom is 0.416 e. The molecule has 0 aliphatic heterocycles. The molecule has 0 aliphatic rings. The minimum atomic E-state index is -5.16.